The molecule has 0 radical (unpaired) electrons. The van der Waals surface area contributed by atoms with E-state index in [2.05, 4.69) is 46.2 Å². The Kier molecular flexibility index (Phi) is 3.87. The smallest absolute Gasteiger partial charge is 0.128 e. The molecule has 0 unspecified atom stereocenters. The third kappa shape index (κ3) is 2.83. The quantitative estimate of drug-likeness (QED) is 0.877. The van der Waals surface area contributed by atoms with Crippen molar-refractivity contribution in [3.05, 3.63) is 42.4 Å². The van der Waals surface area contributed by atoms with Crippen LogP contribution < -0.4 is 10.2 Å². The maximum absolute atomic E-state index is 4.38. The van der Waals surface area contributed by atoms with Crippen LogP contribution in [0, 0.1) is 0 Å². The third-order valence-corrected chi connectivity index (χ3v) is 2.94. The average Bonchev–Trinajstić information content (AvgIpc) is 2.84. The SMILES string of the molecule is CCn1cccc1CNc1ccc(N(C)C)nc1. The first-order valence-electron chi connectivity index (χ1n) is 6.22. The fourth-order valence-corrected chi connectivity index (χ4v) is 1.87. The fraction of sp³-hybridized carbons (Fsp3) is 0.357. The first-order valence-corrected chi connectivity index (χ1v) is 6.22. The van der Waals surface area contributed by atoms with Gasteiger partial charge in [0.2, 0.25) is 0 Å². The van der Waals surface area contributed by atoms with Crippen molar-refractivity contribution in [3.63, 3.8) is 0 Å². The highest BCUT2D eigenvalue weighted by Crippen LogP contribution is 2.13. The Labute approximate surface area is 108 Å². The van der Waals surface area contributed by atoms with Gasteiger partial charge in [-0.1, -0.05) is 0 Å². The molecule has 96 valence electrons. The van der Waals surface area contributed by atoms with Gasteiger partial charge in [0, 0.05) is 32.5 Å². The van der Waals surface area contributed by atoms with Gasteiger partial charge in [-0.25, -0.2) is 4.98 Å². The van der Waals surface area contributed by atoms with E-state index in [0.717, 1.165) is 24.6 Å². The van der Waals surface area contributed by atoms with Crippen LogP contribution in [-0.4, -0.2) is 23.6 Å². The highest BCUT2D eigenvalue weighted by atomic mass is 15.1. The number of pyridine rings is 1. The summed E-state index contributed by atoms with van der Waals surface area (Å²) in [6.07, 6.45) is 3.97. The molecule has 2 rings (SSSR count). The summed E-state index contributed by atoms with van der Waals surface area (Å²) < 4.78 is 2.23. The molecular weight excluding hydrogens is 224 g/mol. The van der Waals surface area contributed by atoms with E-state index in [9.17, 15) is 0 Å². The van der Waals surface area contributed by atoms with Crippen molar-refractivity contribution in [1.29, 1.82) is 0 Å². The fourth-order valence-electron chi connectivity index (χ4n) is 1.87. The molecule has 0 spiro atoms. The summed E-state index contributed by atoms with van der Waals surface area (Å²) in [6.45, 7) is 3.97. The van der Waals surface area contributed by atoms with Gasteiger partial charge in [0.15, 0.2) is 0 Å². The summed E-state index contributed by atoms with van der Waals surface area (Å²) in [5.74, 6) is 0.970. The molecule has 18 heavy (non-hydrogen) atoms. The minimum atomic E-state index is 0.823. The lowest BCUT2D eigenvalue weighted by Crippen LogP contribution is -2.11. The Morgan fingerprint density at radius 2 is 2.11 bits per heavy atom. The molecule has 0 saturated heterocycles. The van der Waals surface area contributed by atoms with E-state index in [1.807, 2.05) is 31.3 Å². The van der Waals surface area contributed by atoms with E-state index < -0.39 is 0 Å². The number of hydrogen-bond acceptors (Lipinski definition) is 3. The number of hydrogen-bond donors (Lipinski definition) is 1. The van der Waals surface area contributed by atoms with Crippen molar-refractivity contribution in [2.75, 3.05) is 24.3 Å². The molecule has 0 atom stereocenters. The molecule has 0 bridgehead atoms. The van der Waals surface area contributed by atoms with Gasteiger partial charge in [0.05, 0.1) is 18.4 Å². The lowest BCUT2D eigenvalue weighted by Gasteiger charge is -2.12. The molecule has 2 heterocycles. The molecule has 0 aliphatic rings. The van der Waals surface area contributed by atoms with Crippen molar-refractivity contribution in [2.24, 2.45) is 0 Å². The van der Waals surface area contributed by atoms with Crippen LogP contribution in [0.15, 0.2) is 36.7 Å². The molecule has 1 N–H and O–H groups in total. The van der Waals surface area contributed by atoms with Crippen LogP contribution >= 0.6 is 0 Å². The molecule has 0 saturated carbocycles. The molecule has 2 aromatic heterocycles. The second-order valence-corrected chi connectivity index (χ2v) is 4.44. The Bertz CT molecular complexity index is 485. The summed E-state index contributed by atoms with van der Waals surface area (Å²) in [5, 5.41) is 3.39. The van der Waals surface area contributed by atoms with Crippen LogP contribution in [0.4, 0.5) is 11.5 Å². The Morgan fingerprint density at radius 1 is 1.28 bits per heavy atom. The summed E-state index contributed by atoms with van der Waals surface area (Å²) in [5.41, 5.74) is 2.33. The molecule has 0 aliphatic heterocycles. The normalized spacial score (nSPS) is 10.4. The number of aromatic nitrogens is 2. The zero-order valence-corrected chi connectivity index (χ0v) is 11.2. The largest absolute Gasteiger partial charge is 0.378 e. The second kappa shape index (κ2) is 5.58. The zero-order chi connectivity index (χ0) is 13.0. The molecule has 0 aromatic carbocycles. The molecule has 0 amide bonds. The molecule has 4 heteroatoms. The Hall–Kier alpha value is -1.97. The minimum absolute atomic E-state index is 0.823. The van der Waals surface area contributed by atoms with Crippen LogP contribution in [0.2, 0.25) is 0 Å². The monoisotopic (exact) mass is 244 g/mol. The molecule has 0 fully saturated rings. The van der Waals surface area contributed by atoms with E-state index in [4.69, 9.17) is 0 Å². The Balaban J connectivity index is 1.98. The van der Waals surface area contributed by atoms with Crippen LogP contribution in [0.25, 0.3) is 0 Å². The topological polar surface area (TPSA) is 33.1 Å². The van der Waals surface area contributed by atoms with Gasteiger partial charge < -0.3 is 14.8 Å². The van der Waals surface area contributed by atoms with Crippen molar-refractivity contribution >= 4 is 11.5 Å². The summed E-state index contributed by atoms with van der Waals surface area (Å²) >= 11 is 0. The summed E-state index contributed by atoms with van der Waals surface area (Å²) in [6, 6.07) is 8.29. The minimum Gasteiger partial charge on any atom is -0.378 e. The van der Waals surface area contributed by atoms with E-state index in [1.165, 1.54) is 5.69 Å². The molecule has 4 nitrogen and oxygen atoms in total. The lowest BCUT2D eigenvalue weighted by atomic mass is 10.3. The van der Waals surface area contributed by atoms with Gasteiger partial charge in [0.1, 0.15) is 5.82 Å². The summed E-state index contributed by atoms with van der Waals surface area (Å²) in [4.78, 5) is 6.37. The van der Waals surface area contributed by atoms with Gasteiger partial charge in [-0.05, 0) is 31.2 Å². The van der Waals surface area contributed by atoms with Crippen molar-refractivity contribution < 1.29 is 0 Å². The van der Waals surface area contributed by atoms with E-state index in [1.54, 1.807) is 0 Å². The third-order valence-electron chi connectivity index (χ3n) is 2.94. The van der Waals surface area contributed by atoms with Crippen molar-refractivity contribution in [3.8, 4) is 0 Å². The molecule has 2 aromatic rings. The molecule has 0 aliphatic carbocycles. The van der Waals surface area contributed by atoms with Gasteiger partial charge in [-0.2, -0.15) is 0 Å². The first kappa shape index (κ1) is 12.5. The van der Waals surface area contributed by atoms with Gasteiger partial charge >= 0.3 is 0 Å². The van der Waals surface area contributed by atoms with Crippen LogP contribution in [-0.2, 0) is 13.1 Å². The predicted octanol–water partition coefficient (Wildman–Crippen LogP) is 2.58. The highest BCUT2D eigenvalue weighted by molar-refractivity contribution is 5.48. The number of nitrogens with one attached hydrogen (secondary N) is 1. The Morgan fingerprint density at radius 3 is 2.72 bits per heavy atom. The van der Waals surface area contributed by atoms with E-state index >= 15 is 0 Å². The van der Waals surface area contributed by atoms with Crippen molar-refractivity contribution in [1.82, 2.24) is 9.55 Å². The van der Waals surface area contributed by atoms with Gasteiger partial charge in [-0.3, -0.25) is 0 Å². The molecular formula is C14H20N4. The van der Waals surface area contributed by atoms with E-state index in [-0.39, 0.29) is 0 Å². The second-order valence-electron chi connectivity index (χ2n) is 4.44. The summed E-state index contributed by atoms with van der Waals surface area (Å²) in [7, 11) is 3.98. The van der Waals surface area contributed by atoms with E-state index in [0.29, 0.717) is 0 Å². The lowest BCUT2D eigenvalue weighted by molar-refractivity contribution is 0.724. The van der Waals surface area contributed by atoms with Crippen molar-refractivity contribution in [2.45, 2.75) is 20.0 Å². The number of anilines is 2. The first-order chi connectivity index (χ1) is 8.70. The number of rotatable bonds is 5. The standard InChI is InChI=1S/C14H20N4/c1-4-18-9-5-6-13(18)11-15-12-7-8-14(16-10-12)17(2)3/h5-10,15H,4,11H2,1-3H3. The highest BCUT2D eigenvalue weighted by Gasteiger charge is 2.00. The van der Waals surface area contributed by atoms with Crippen LogP contribution in [0.5, 0.6) is 0 Å². The van der Waals surface area contributed by atoms with Gasteiger partial charge in [0.25, 0.3) is 0 Å². The maximum atomic E-state index is 4.38. The number of nitrogens with zero attached hydrogens (tertiary/aromatic N) is 3. The predicted molar refractivity (Wildman–Crippen MR) is 76.0 cm³/mol. The van der Waals surface area contributed by atoms with Gasteiger partial charge in [-0.15, -0.1) is 0 Å². The number of aryl methyl sites for hydroxylation is 1. The van der Waals surface area contributed by atoms with Crippen LogP contribution in [0.3, 0.4) is 0 Å². The van der Waals surface area contributed by atoms with Crippen LogP contribution in [0.1, 0.15) is 12.6 Å². The average molecular weight is 244 g/mol. The zero-order valence-electron chi connectivity index (χ0n) is 11.2. The maximum Gasteiger partial charge on any atom is 0.128 e.